The van der Waals surface area contributed by atoms with Crippen LogP contribution in [0.15, 0.2) is 30.5 Å². The molecule has 0 aliphatic rings. The second-order valence-electron chi connectivity index (χ2n) is 5.27. The van der Waals surface area contributed by atoms with Crippen molar-refractivity contribution < 1.29 is 4.74 Å². The van der Waals surface area contributed by atoms with E-state index in [0.717, 1.165) is 28.1 Å². The van der Waals surface area contributed by atoms with Gasteiger partial charge in [-0.05, 0) is 26.3 Å². The average Bonchev–Trinajstić information content (AvgIpc) is 2.43. The van der Waals surface area contributed by atoms with Gasteiger partial charge in [0, 0.05) is 35.5 Å². The largest absolute Gasteiger partial charge is 0.496 e. The van der Waals surface area contributed by atoms with Crippen LogP contribution in [0.3, 0.4) is 0 Å². The number of pyridine rings is 1. The fourth-order valence-electron chi connectivity index (χ4n) is 2.42. The zero-order chi connectivity index (χ0) is 14.7. The fraction of sp³-hybridized carbons (Fsp3) is 0.353. The van der Waals surface area contributed by atoms with Gasteiger partial charge < -0.3 is 10.5 Å². The molecule has 1 aromatic heterocycles. The van der Waals surface area contributed by atoms with Crippen molar-refractivity contribution in [1.82, 2.24) is 4.98 Å². The molecule has 0 saturated carbocycles. The SMILES string of the molecule is COc1c(C)cnc(CC(N)c2ccc(C)cc2)c1C. The van der Waals surface area contributed by atoms with Crippen LogP contribution in [-0.4, -0.2) is 12.1 Å². The Bertz CT molecular complexity index is 591. The van der Waals surface area contributed by atoms with E-state index in [1.54, 1.807) is 7.11 Å². The van der Waals surface area contributed by atoms with Crippen LogP contribution in [0.25, 0.3) is 0 Å². The molecule has 0 saturated heterocycles. The van der Waals surface area contributed by atoms with Crippen molar-refractivity contribution in [3.63, 3.8) is 0 Å². The molecule has 2 rings (SSSR count). The lowest BCUT2D eigenvalue weighted by molar-refractivity contribution is 0.406. The molecule has 2 aromatic rings. The number of rotatable bonds is 4. The summed E-state index contributed by atoms with van der Waals surface area (Å²) in [7, 11) is 1.69. The van der Waals surface area contributed by atoms with Crippen molar-refractivity contribution >= 4 is 0 Å². The molecule has 3 nitrogen and oxygen atoms in total. The van der Waals surface area contributed by atoms with Crippen molar-refractivity contribution in [1.29, 1.82) is 0 Å². The van der Waals surface area contributed by atoms with E-state index in [9.17, 15) is 0 Å². The molecule has 1 aromatic carbocycles. The van der Waals surface area contributed by atoms with E-state index in [0.29, 0.717) is 6.42 Å². The minimum Gasteiger partial charge on any atom is -0.496 e. The number of nitrogens with zero attached hydrogens (tertiary/aromatic N) is 1. The topological polar surface area (TPSA) is 48.1 Å². The van der Waals surface area contributed by atoms with Gasteiger partial charge in [-0.25, -0.2) is 0 Å². The molecule has 0 aliphatic carbocycles. The van der Waals surface area contributed by atoms with Crippen LogP contribution in [-0.2, 0) is 6.42 Å². The Morgan fingerprint density at radius 1 is 1.15 bits per heavy atom. The van der Waals surface area contributed by atoms with Crippen LogP contribution in [0.1, 0.15) is 34.0 Å². The lowest BCUT2D eigenvalue weighted by Gasteiger charge is -2.16. The van der Waals surface area contributed by atoms with Gasteiger partial charge in [0.15, 0.2) is 0 Å². The van der Waals surface area contributed by atoms with Crippen LogP contribution < -0.4 is 10.5 Å². The molecule has 0 amide bonds. The van der Waals surface area contributed by atoms with E-state index >= 15 is 0 Å². The minimum atomic E-state index is -0.0470. The smallest absolute Gasteiger partial charge is 0.128 e. The molecular formula is C17H22N2O. The maximum atomic E-state index is 6.29. The van der Waals surface area contributed by atoms with E-state index in [-0.39, 0.29) is 6.04 Å². The van der Waals surface area contributed by atoms with E-state index in [2.05, 4.69) is 36.2 Å². The molecule has 106 valence electrons. The molecular weight excluding hydrogens is 248 g/mol. The normalized spacial score (nSPS) is 12.2. The molecule has 0 spiro atoms. The molecule has 3 heteroatoms. The number of benzene rings is 1. The second-order valence-corrected chi connectivity index (χ2v) is 5.27. The lowest BCUT2D eigenvalue weighted by atomic mass is 9.99. The zero-order valence-corrected chi connectivity index (χ0v) is 12.6. The molecule has 1 unspecified atom stereocenters. The predicted octanol–water partition coefficient (Wildman–Crippen LogP) is 3.26. The Kier molecular flexibility index (Phi) is 4.40. The van der Waals surface area contributed by atoms with Crippen LogP contribution in [0.2, 0.25) is 0 Å². The Labute approximate surface area is 120 Å². The number of ether oxygens (including phenoxy) is 1. The number of hydrogen-bond acceptors (Lipinski definition) is 3. The average molecular weight is 270 g/mol. The molecule has 0 aliphatic heterocycles. The van der Waals surface area contributed by atoms with Gasteiger partial charge in [-0.1, -0.05) is 29.8 Å². The Morgan fingerprint density at radius 3 is 2.40 bits per heavy atom. The van der Waals surface area contributed by atoms with Crippen molar-refractivity contribution in [3.8, 4) is 5.75 Å². The zero-order valence-electron chi connectivity index (χ0n) is 12.6. The first-order valence-corrected chi connectivity index (χ1v) is 6.84. The van der Waals surface area contributed by atoms with Crippen molar-refractivity contribution in [2.45, 2.75) is 33.2 Å². The summed E-state index contributed by atoms with van der Waals surface area (Å²) in [4.78, 5) is 4.51. The first-order chi connectivity index (χ1) is 9.52. The number of aryl methyl sites for hydroxylation is 2. The molecule has 0 bridgehead atoms. The number of hydrogen-bond donors (Lipinski definition) is 1. The Morgan fingerprint density at radius 2 is 1.80 bits per heavy atom. The summed E-state index contributed by atoms with van der Waals surface area (Å²) in [6, 6.07) is 8.30. The van der Waals surface area contributed by atoms with Gasteiger partial charge in [-0.2, -0.15) is 0 Å². The van der Waals surface area contributed by atoms with E-state index in [4.69, 9.17) is 10.5 Å². The summed E-state index contributed by atoms with van der Waals surface area (Å²) in [5.74, 6) is 0.908. The molecule has 0 radical (unpaired) electrons. The third-order valence-electron chi connectivity index (χ3n) is 3.67. The highest BCUT2D eigenvalue weighted by molar-refractivity contribution is 5.41. The van der Waals surface area contributed by atoms with E-state index in [1.165, 1.54) is 5.56 Å². The first-order valence-electron chi connectivity index (χ1n) is 6.84. The number of aromatic nitrogens is 1. The maximum absolute atomic E-state index is 6.29. The van der Waals surface area contributed by atoms with Crippen molar-refractivity contribution in [3.05, 3.63) is 58.4 Å². The summed E-state index contributed by atoms with van der Waals surface area (Å²) in [6.45, 7) is 6.12. The molecule has 0 fully saturated rings. The maximum Gasteiger partial charge on any atom is 0.128 e. The van der Waals surface area contributed by atoms with E-state index in [1.807, 2.05) is 20.0 Å². The van der Waals surface area contributed by atoms with Crippen LogP contribution in [0, 0.1) is 20.8 Å². The Balaban J connectivity index is 2.23. The van der Waals surface area contributed by atoms with E-state index < -0.39 is 0 Å². The molecule has 1 atom stereocenters. The summed E-state index contributed by atoms with van der Waals surface area (Å²) in [5.41, 5.74) is 11.8. The van der Waals surface area contributed by atoms with Gasteiger partial charge in [0.1, 0.15) is 5.75 Å². The Hall–Kier alpha value is -1.87. The standard InChI is InChI=1S/C17H22N2O/c1-11-5-7-14(8-6-11)15(18)9-16-13(3)17(20-4)12(2)10-19-16/h5-8,10,15H,9,18H2,1-4H3. The van der Waals surface area contributed by atoms with Gasteiger partial charge in [-0.15, -0.1) is 0 Å². The highest BCUT2D eigenvalue weighted by atomic mass is 16.5. The van der Waals surface area contributed by atoms with Gasteiger partial charge in [0.2, 0.25) is 0 Å². The van der Waals surface area contributed by atoms with Crippen molar-refractivity contribution in [2.24, 2.45) is 5.73 Å². The predicted molar refractivity (Wildman–Crippen MR) is 82.1 cm³/mol. The molecule has 20 heavy (non-hydrogen) atoms. The first kappa shape index (κ1) is 14.5. The summed E-state index contributed by atoms with van der Waals surface area (Å²) >= 11 is 0. The third kappa shape index (κ3) is 2.99. The quantitative estimate of drug-likeness (QED) is 0.927. The van der Waals surface area contributed by atoms with Gasteiger partial charge >= 0.3 is 0 Å². The van der Waals surface area contributed by atoms with Gasteiger partial charge in [0.05, 0.1) is 7.11 Å². The second kappa shape index (κ2) is 6.06. The van der Waals surface area contributed by atoms with Crippen molar-refractivity contribution in [2.75, 3.05) is 7.11 Å². The van der Waals surface area contributed by atoms with Gasteiger partial charge in [0.25, 0.3) is 0 Å². The number of methoxy groups -OCH3 is 1. The fourth-order valence-corrected chi connectivity index (χ4v) is 2.42. The summed E-state index contributed by atoms with van der Waals surface area (Å²) in [6.07, 6.45) is 2.56. The third-order valence-corrected chi connectivity index (χ3v) is 3.67. The summed E-state index contributed by atoms with van der Waals surface area (Å²) < 4.78 is 5.44. The van der Waals surface area contributed by atoms with Crippen LogP contribution >= 0.6 is 0 Å². The number of nitrogens with two attached hydrogens (primary N) is 1. The monoisotopic (exact) mass is 270 g/mol. The van der Waals surface area contributed by atoms with Crippen LogP contribution in [0.4, 0.5) is 0 Å². The molecule has 1 heterocycles. The van der Waals surface area contributed by atoms with Gasteiger partial charge in [-0.3, -0.25) is 4.98 Å². The summed E-state index contributed by atoms with van der Waals surface area (Å²) in [5, 5.41) is 0. The van der Waals surface area contributed by atoms with Crippen LogP contribution in [0.5, 0.6) is 5.75 Å². The molecule has 2 N–H and O–H groups in total. The highest BCUT2D eigenvalue weighted by Crippen LogP contribution is 2.26. The highest BCUT2D eigenvalue weighted by Gasteiger charge is 2.13. The lowest BCUT2D eigenvalue weighted by Crippen LogP contribution is -2.15. The minimum absolute atomic E-state index is 0.0470.